The van der Waals surface area contributed by atoms with Gasteiger partial charge in [-0.15, -0.1) is 0 Å². The van der Waals surface area contributed by atoms with E-state index in [2.05, 4.69) is 10.5 Å². The van der Waals surface area contributed by atoms with E-state index >= 15 is 0 Å². The van der Waals surface area contributed by atoms with Crippen molar-refractivity contribution in [3.8, 4) is 0 Å². The van der Waals surface area contributed by atoms with E-state index in [1.165, 1.54) is 18.0 Å². The minimum absolute atomic E-state index is 0.275. The highest BCUT2D eigenvalue weighted by atomic mass is 32.2. The summed E-state index contributed by atoms with van der Waals surface area (Å²) in [5, 5.41) is 18.3. The lowest BCUT2D eigenvalue weighted by atomic mass is 10.1. The maximum atomic E-state index is 12.7. The fraction of sp³-hybridized carbons (Fsp3) is 0.118. The second-order valence-electron chi connectivity index (χ2n) is 5.09. The van der Waals surface area contributed by atoms with Gasteiger partial charge in [-0.2, -0.15) is 4.73 Å². The number of anilines is 1. The van der Waals surface area contributed by atoms with Gasteiger partial charge in [0.1, 0.15) is 11.0 Å². The van der Waals surface area contributed by atoms with Gasteiger partial charge in [-0.05, 0) is 30.3 Å². The molecule has 7 heteroatoms. The average Bonchev–Trinajstić information content (AvgIpc) is 2.99. The van der Waals surface area contributed by atoms with Gasteiger partial charge < -0.3 is 15.0 Å². The fourth-order valence-electron chi connectivity index (χ4n) is 2.14. The molecule has 2 aromatic heterocycles. The summed E-state index contributed by atoms with van der Waals surface area (Å²) in [6.07, 6.45) is 1.41. The van der Waals surface area contributed by atoms with E-state index in [1.54, 1.807) is 31.2 Å². The zero-order chi connectivity index (χ0) is 16.9. The predicted octanol–water partition coefficient (Wildman–Crippen LogP) is 3.09. The van der Waals surface area contributed by atoms with Crippen LogP contribution in [0.1, 0.15) is 16.6 Å². The molecule has 0 bridgehead atoms. The minimum Gasteiger partial charge on any atom is -0.618 e. The normalized spacial score (nSPS) is 11.9. The smallest absolute Gasteiger partial charge is 0.252 e. The van der Waals surface area contributed by atoms with Crippen LogP contribution in [0.5, 0.6) is 0 Å². The van der Waals surface area contributed by atoms with Crippen LogP contribution in [0.25, 0.3) is 0 Å². The number of thioether (sulfide) groups is 1. The van der Waals surface area contributed by atoms with E-state index in [4.69, 9.17) is 4.52 Å². The maximum absolute atomic E-state index is 12.7. The van der Waals surface area contributed by atoms with Crippen LogP contribution in [-0.2, 0) is 4.79 Å². The Hall–Kier alpha value is -2.80. The van der Waals surface area contributed by atoms with Gasteiger partial charge in [0, 0.05) is 18.2 Å². The largest absolute Gasteiger partial charge is 0.618 e. The van der Waals surface area contributed by atoms with Gasteiger partial charge in [0.25, 0.3) is 5.03 Å². The van der Waals surface area contributed by atoms with Crippen LogP contribution in [-0.4, -0.2) is 11.1 Å². The number of hydrogen-bond acceptors (Lipinski definition) is 5. The SMILES string of the molecule is Cc1cc(NC(=O)[C@@H](Sc2cccc[n+]2[O-])c2ccccc2)no1. The van der Waals surface area contributed by atoms with Crippen molar-refractivity contribution in [2.45, 2.75) is 17.2 Å². The molecule has 1 atom stereocenters. The summed E-state index contributed by atoms with van der Waals surface area (Å²) < 4.78 is 5.71. The molecule has 6 nitrogen and oxygen atoms in total. The Morgan fingerprint density at radius 3 is 2.67 bits per heavy atom. The number of hydrogen-bond donors (Lipinski definition) is 1. The van der Waals surface area contributed by atoms with E-state index in [1.807, 2.05) is 30.3 Å². The predicted molar refractivity (Wildman–Crippen MR) is 90.3 cm³/mol. The molecule has 0 saturated carbocycles. The van der Waals surface area contributed by atoms with Crippen molar-refractivity contribution in [2.24, 2.45) is 0 Å². The lowest BCUT2D eigenvalue weighted by Crippen LogP contribution is -2.29. The van der Waals surface area contributed by atoms with Crippen molar-refractivity contribution < 1.29 is 14.0 Å². The molecule has 3 rings (SSSR count). The minimum atomic E-state index is -0.592. The number of aromatic nitrogens is 2. The molecule has 0 fully saturated rings. The molecule has 3 aromatic rings. The van der Waals surface area contributed by atoms with Crippen molar-refractivity contribution in [1.82, 2.24) is 5.16 Å². The third-order valence-electron chi connectivity index (χ3n) is 3.25. The standard InChI is InChI=1S/C17H15N3O3S/c1-12-11-14(19-23-12)18-17(21)16(13-7-3-2-4-8-13)24-15-9-5-6-10-20(15)22/h2-11,16H,1H3,(H,18,19,21)/t16-/m0/s1. The van der Waals surface area contributed by atoms with Gasteiger partial charge >= 0.3 is 0 Å². The van der Waals surface area contributed by atoms with Gasteiger partial charge in [-0.3, -0.25) is 4.79 Å². The summed E-state index contributed by atoms with van der Waals surface area (Å²) >= 11 is 1.18. The second kappa shape index (κ2) is 7.18. The number of benzene rings is 1. The van der Waals surface area contributed by atoms with Crippen LogP contribution in [0.3, 0.4) is 0 Å². The number of rotatable bonds is 5. The molecule has 0 spiro atoms. The Balaban J connectivity index is 1.87. The molecule has 1 aromatic carbocycles. The van der Waals surface area contributed by atoms with E-state index in [0.717, 1.165) is 10.3 Å². The summed E-state index contributed by atoms with van der Waals surface area (Å²) in [6, 6.07) is 16.0. The van der Waals surface area contributed by atoms with E-state index < -0.39 is 5.25 Å². The highest BCUT2D eigenvalue weighted by molar-refractivity contribution is 8.00. The van der Waals surface area contributed by atoms with Gasteiger partial charge in [0.15, 0.2) is 12.0 Å². The topological polar surface area (TPSA) is 82.1 Å². The Kier molecular flexibility index (Phi) is 4.81. The molecule has 0 aliphatic carbocycles. The van der Waals surface area contributed by atoms with Crippen LogP contribution >= 0.6 is 11.8 Å². The average molecular weight is 341 g/mol. The van der Waals surface area contributed by atoms with Crippen molar-refractivity contribution in [1.29, 1.82) is 0 Å². The first-order chi connectivity index (χ1) is 11.6. The Labute approximate surface area is 143 Å². The molecular formula is C17H15N3O3S. The third kappa shape index (κ3) is 3.75. The van der Waals surface area contributed by atoms with Crippen LogP contribution in [0.2, 0.25) is 0 Å². The van der Waals surface area contributed by atoms with Crippen LogP contribution in [0.15, 0.2) is 70.3 Å². The van der Waals surface area contributed by atoms with E-state index in [9.17, 15) is 10.0 Å². The lowest BCUT2D eigenvalue weighted by Gasteiger charge is -2.15. The molecule has 24 heavy (non-hydrogen) atoms. The van der Waals surface area contributed by atoms with Gasteiger partial charge in [0.05, 0.1) is 0 Å². The Bertz CT molecular complexity index is 836. The number of nitrogens with one attached hydrogen (secondary N) is 1. The summed E-state index contributed by atoms with van der Waals surface area (Å²) in [5.74, 6) is 0.681. The van der Waals surface area contributed by atoms with Crippen molar-refractivity contribution in [2.75, 3.05) is 5.32 Å². The second-order valence-corrected chi connectivity index (χ2v) is 6.21. The number of nitrogens with zero attached hydrogens (tertiary/aromatic N) is 2. The third-order valence-corrected chi connectivity index (χ3v) is 4.53. The van der Waals surface area contributed by atoms with Crippen LogP contribution < -0.4 is 10.0 Å². The maximum Gasteiger partial charge on any atom is 0.252 e. The molecule has 1 amide bonds. The van der Waals surface area contributed by atoms with Gasteiger partial charge in [-0.1, -0.05) is 35.5 Å². The molecule has 1 N–H and O–H groups in total. The molecule has 2 heterocycles. The number of aryl methyl sites for hydroxylation is 1. The van der Waals surface area contributed by atoms with E-state index in [-0.39, 0.29) is 5.91 Å². The summed E-state index contributed by atoms with van der Waals surface area (Å²) in [6.45, 7) is 1.75. The first kappa shape index (κ1) is 16.1. The number of carbonyl (C=O) groups excluding carboxylic acids is 1. The molecule has 0 aliphatic heterocycles. The number of pyridine rings is 1. The summed E-state index contributed by atoms with van der Waals surface area (Å²) in [5.41, 5.74) is 0.795. The zero-order valence-corrected chi connectivity index (χ0v) is 13.7. The lowest BCUT2D eigenvalue weighted by molar-refractivity contribution is -0.645. The molecule has 0 aliphatic rings. The van der Waals surface area contributed by atoms with Gasteiger partial charge in [0.2, 0.25) is 5.91 Å². The van der Waals surface area contributed by atoms with Crippen LogP contribution in [0.4, 0.5) is 5.82 Å². The first-order valence-corrected chi connectivity index (χ1v) is 8.15. The highest BCUT2D eigenvalue weighted by Gasteiger charge is 2.26. The Morgan fingerprint density at radius 2 is 2.00 bits per heavy atom. The fourth-order valence-corrected chi connectivity index (χ4v) is 3.17. The molecule has 0 unspecified atom stereocenters. The monoisotopic (exact) mass is 341 g/mol. The number of amides is 1. The van der Waals surface area contributed by atoms with Crippen LogP contribution in [0, 0.1) is 12.1 Å². The summed E-state index contributed by atoms with van der Waals surface area (Å²) in [7, 11) is 0. The molecular weight excluding hydrogens is 326 g/mol. The quantitative estimate of drug-likeness (QED) is 0.438. The highest BCUT2D eigenvalue weighted by Crippen LogP contribution is 2.34. The first-order valence-electron chi connectivity index (χ1n) is 7.27. The summed E-state index contributed by atoms with van der Waals surface area (Å²) in [4.78, 5) is 12.7. The van der Waals surface area contributed by atoms with E-state index in [0.29, 0.717) is 16.6 Å². The Morgan fingerprint density at radius 1 is 1.25 bits per heavy atom. The zero-order valence-electron chi connectivity index (χ0n) is 12.9. The van der Waals surface area contributed by atoms with Crippen molar-refractivity contribution >= 4 is 23.5 Å². The van der Waals surface area contributed by atoms with Crippen molar-refractivity contribution in [3.05, 3.63) is 77.3 Å². The molecule has 0 radical (unpaired) electrons. The molecule has 0 saturated heterocycles. The van der Waals surface area contributed by atoms with Gasteiger partial charge in [-0.25, -0.2) is 0 Å². The number of carbonyl (C=O) groups is 1. The molecule has 122 valence electrons. The van der Waals surface area contributed by atoms with Crippen molar-refractivity contribution in [3.63, 3.8) is 0 Å².